The van der Waals surface area contributed by atoms with Crippen LogP contribution in [0.4, 0.5) is 0 Å². The number of nitrogens with one attached hydrogen (secondary N) is 1. The number of rotatable bonds is 11. The third-order valence-corrected chi connectivity index (χ3v) is 9.79. The van der Waals surface area contributed by atoms with E-state index in [1.54, 1.807) is 59.3 Å². The summed E-state index contributed by atoms with van der Waals surface area (Å²) in [6.07, 6.45) is -0.580. The normalized spacial score (nSPS) is 18.6. The minimum atomic E-state index is -3.63. The number of nitrogens with zero attached hydrogens (tertiary/aromatic N) is 4. The van der Waals surface area contributed by atoms with Crippen molar-refractivity contribution in [3.8, 4) is 11.4 Å². The third-order valence-electron chi connectivity index (χ3n) is 7.32. The first kappa shape index (κ1) is 30.9. The monoisotopic (exact) mass is 645 g/mol. The van der Waals surface area contributed by atoms with Gasteiger partial charge in [0.1, 0.15) is 5.75 Å². The summed E-state index contributed by atoms with van der Waals surface area (Å²) in [6.45, 7) is 0.0964. The highest BCUT2D eigenvalue weighted by atomic mass is 32.2. The number of aliphatic hydroxyl groups excluding tert-OH is 1. The zero-order valence-corrected chi connectivity index (χ0v) is 25.6. The summed E-state index contributed by atoms with van der Waals surface area (Å²) in [5, 5.41) is 31.8. The molecule has 0 aliphatic carbocycles. The molecule has 0 radical (unpaired) electrons. The van der Waals surface area contributed by atoms with Crippen LogP contribution in [-0.2, 0) is 32.6 Å². The van der Waals surface area contributed by atoms with Gasteiger partial charge in [0.15, 0.2) is 6.29 Å². The summed E-state index contributed by atoms with van der Waals surface area (Å²) in [4.78, 5) is 0.213. The Morgan fingerprint density at radius 1 is 0.867 bits per heavy atom. The van der Waals surface area contributed by atoms with E-state index in [4.69, 9.17) is 9.47 Å². The lowest BCUT2D eigenvalue weighted by atomic mass is 10.0. The fourth-order valence-electron chi connectivity index (χ4n) is 4.87. The number of aromatic hydroxyl groups is 1. The van der Waals surface area contributed by atoms with Gasteiger partial charge in [0.25, 0.3) is 0 Å². The molecule has 3 atom stereocenters. The van der Waals surface area contributed by atoms with Crippen LogP contribution in [0, 0.1) is 0 Å². The number of tetrazole rings is 1. The van der Waals surface area contributed by atoms with Crippen LogP contribution in [0.1, 0.15) is 41.1 Å². The second kappa shape index (κ2) is 13.9. The largest absolute Gasteiger partial charge is 0.508 e. The molecule has 11 nitrogen and oxygen atoms in total. The molecular formula is C32H31N5O6S2. The summed E-state index contributed by atoms with van der Waals surface area (Å²) in [5.74, 6) is 0.699. The molecule has 13 heteroatoms. The van der Waals surface area contributed by atoms with Crippen molar-refractivity contribution < 1.29 is 28.1 Å². The lowest BCUT2D eigenvalue weighted by molar-refractivity contribution is -0.245. The van der Waals surface area contributed by atoms with Gasteiger partial charge >= 0.3 is 0 Å². The van der Waals surface area contributed by atoms with Gasteiger partial charge in [0.05, 0.1) is 29.4 Å². The molecule has 1 aliphatic heterocycles. The van der Waals surface area contributed by atoms with Crippen molar-refractivity contribution in [2.24, 2.45) is 0 Å². The van der Waals surface area contributed by atoms with Crippen LogP contribution >= 0.6 is 11.8 Å². The summed E-state index contributed by atoms with van der Waals surface area (Å²) < 4.78 is 42.4. The van der Waals surface area contributed by atoms with Crippen LogP contribution in [0.3, 0.4) is 0 Å². The molecule has 6 rings (SSSR count). The fourth-order valence-corrected chi connectivity index (χ4v) is 6.82. The average molecular weight is 646 g/mol. The summed E-state index contributed by atoms with van der Waals surface area (Å²) in [5.41, 5.74) is 4.09. The van der Waals surface area contributed by atoms with E-state index in [9.17, 15) is 18.6 Å². The maximum atomic E-state index is 12.6. The lowest BCUT2D eigenvalue weighted by Gasteiger charge is -2.36. The molecule has 45 heavy (non-hydrogen) atoms. The quantitative estimate of drug-likeness (QED) is 0.173. The molecule has 1 saturated heterocycles. The highest BCUT2D eigenvalue weighted by Crippen LogP contribution is 2.39. The van der Waals surface area contributed by atoms with Crippen LogP contribution in [0.25, 0.3) is 5.69 Å². The summed E-state index contributed by atoms with van der Waals surface area (Å²) >= 11 is 1.45. The Morgan fingerprint density at radius 2 is 1.56 bits per heavy atom. The first-order chi connectivity index (χ1) is 21.9. The number of benzene rings is 4. The molecular weight excluding hydrogens is 615 g/mol. The van der Waals surface area contributed by atoms with Gasteiger partial charge in [-0.05, 0) is 63.5 Å². The Balaban J connectivity index is 1.17. The van der Waals surface area contributed by atoms with Crippen LogP contribution in [0.5, 0.6) is 5.75 Å². The lowest BCUT2D eigenvalue weighted by Crippen LogP contribution is -2.31. The van der Waals surface area contributed by atoms with E-state index in [0.717, 1.165) is 27.9 Å². The Kier molecular flexibility index (Phi) is 9.54. The molecule has 1 aliphatic rings. The van der Waals surface area contributed by atoms with Crippen molar-refractivity contribution in [1.29, 1.82) is 0 Å². The van der Waals surface area contributed by atoms with Crippen molar-refractivity contribution in [1.82, 2.24) is 24.9 Å². The second-order valence-corrected chi connectivity index (χ2v) is 13.2. The van der Waals surface area contributed by atoms with Gasteiger partial charge in [-0.15, -0.1) is 5.10 Å². The Morgan fingerprint density at radius 3 is 2.27 bits per heavy atom. The first-order valence-corrected chi connectivity index (χ1v) is 16.7. The highest BCUT2D eigenvalue weighted by Gasteiger charge is 2.32. The fraction of sp³-hybridized carbons (Fsp3) is 0.219. The molecule has 2 heterocycles. The first-order valence-electron chi connectivity index (χ1n) is 14.2. The third kappa shape index (κ3) is 7.59. The summed E-state index contributed by atoms with van der Waals surface area (Å²) in [6, 6.07) is 30.0. The number of aromatic nitrogens is 4. The zero-order chi connectivity index (χ0) is 31.2. The zero-order valence-electron chi connectivity index (χ0n) is 24.0. The van der Waals surface area contributed by atoms with Gasteiger partial charge in [0.2, 0.25) is 15.2 Å². The standard InChI is InChI=1S/C32H31N5O6S2/c38-20-23-8-10-24(11-9-23)30-18-28(21-44-32-34-35-36-37(32)26-14-16-27(39)17-15-26)42-31(43-30)25-12-6-22(7-13-25)19-33-45(40,41)29-4-2-1-3-5-29/h1-17,28,30-31,33,38-39H,18-21H2/t28-,30+,31+/m0/s1. The maximum Gasteiger partial charge on any atom is 0.240 e. The van der Waals surface area contributed by atoms with Gasteiger partial charge in [-0.25, -0.2) is 13.1 Å². The molecule has 0 saturated carbocycles. The predicted octanol–water partition coefficient (Wildman–Crippen LogP) is 4.68. The highest BCUT2D eigenvalue weighted by molar-refractivity contribution is 7.99. The van der Waals surface area contributed by atoms with Crippen molar-refractivity contribution in [3.05, 3.63) is 125 Å². The van der Waals surface area contributed by atoms with Crippen LogP contribution < -0.4 is 4.72 Å². The molecule has 1 fully saturated rings. The number of phenolic OH excluding ortho intramolecular Hbond substituents is 1. The minimum absolute atomic E-state index is 0.0413. The molecule has 0 spiro atoms. The Hall–Kier alpha value is -4.11. The van der Waals surface area contributed by atoms with Crippen molar-refractivity contribution in [2.45, 2.75) is 48.1 Å². The van der Waals surface area contributed by atoms with Gasteiger partial charge in [-0.3, -0.25) is 0 Å². The Labute approximate surface area is 264 Å². The number of sulfonamides is 1. The van der Waals surface area contributed by atoms with E-state index in [1.807, 2.05) is 48.5 Å². The number of hydrogen-bond donors (Lipinski definition) is 3. The van der Waals surface area contributed by atoms with Crippen LogP contribution in [-0.4, -0.2) is 50.7 Å². The Bertz CT molecular complexity index is 1800. The maximum absolute atomic E-state index is 12.6. The molecule has 3 N–H and O–H groups in total. The molecule has 4 aromatic carbocycles. The minimum Gasteiger partial charge on any atom is -0.508 e. The van der Waals surface area contributed by atoms with E-state index in [0.29, 0.717) is 17.3 Å². The van der Waals surface area contributed by atoms with Gasteiger partial charge in [0, 0.05) is 24.3 Å². The molecule has 1 aromatic heterocycles. The predicted molar refractivity (Wildman–Crippen MR) is 167 cm³/mol. The van der Waals surface area contributed by atoms with Crippen LogP contribution in [0.15, 0.2) is 113 Å². The van der Waals surface area contributed by atoms with Crippen molar-refractivity contribution in [2.75, 3.05) is 5.75 Å². The SMILES string of the molecule is O=S(=O)(NCc1ccc([C@@H]2O[C@H](CSc3nnnn3-c3ccc(O)cc3)C[C@H](c3ccc(CO)cc3)O2)cc1)c1ccccc1. The number of ether oxygens (including phenoxy) is 2. The van der Waals surface area contributed by atoms with Gasteiger partial charge in [-0.1, -0.05) is 78.5 Å². The second-order valence-electron chi connectivity index (χ2n) is 10.4. The molecule has 0 bridgehead atoms. The number of hydrogen-bond acceptors (Lipinski definition) is 10. The van der Waals surface area contributed by atoms with E-state index >= 15 is 0 Å². The topological polar surface area (TPSA) is 149 Å². The van der Waals surface area contributed by atoms with E-state index in [1.165, 1.54) is 11.8 Å². The number of thioether (sulfide) groups is 1. The van der Waals surface area contributed by atoms with Crippen LogP contribution in [0.2, 0.25) is 0 Å². The van der Waals surface area contributed by atoms with Crippen molar-refractivity contribution >= 4 is 21.8 Å². The molecule has 0 unspecified atom stereocenters. The molecule has 5 aromatic rings. The van der Waals surface area contributed by atoms with E-state index in [2.05, 4.69) is 20.2 Å². The summed E-state index contributed by atoms with van der Waals surface area (Å²) in [7, 11) is -3.63. The van der Waals surface area contributed by atoms with Gasteiger partial charge in [-0.2, -0.15) is 4.68 Å². The smallest absolute Gasteiger partial charge is 0.240 e. The number of phenols is 1. The molecule has 232 valence electrons. The van der Waals surface area contributed by atoms with Gasteiger partial charge < -0.3 is 19.7 Å². The molecule has 0 amide bonds. The van der Waals surface area contributed by atoms with E-state index < -0.39 is 16.3 Å². The average Bonchev–Trinajstić information content (AvgIpc) is 3.56. The van der Waals surface area contributed by atoms with E-state index in [-0.39, 0.29) is 36.0 Å². The number of aliphatic hydroxyl groups is 1. The van der Waals surface area contributed by atoms with Crippen molar-refractivity contribution in [3.63, 3.8) is 0 Å².